The Morgan fingerprint density at radius 2 is 2.04 bits per heavy atom. The van der Waals surface area contributed by atoms with E-state index in [0.717, 1.165) is 16.8 Å². The van der Waals surface area contributed by atoms with Gasteiger partial charge in [0.1, 0.15) is 0 Å². The SMILES string of the molecule is Cc1ccc(CCn2nc(Nc3cccc(Cl)c3)cc/c2=N/N)cc1C(N)=O. The minimum atomic E-state index is -0.435. The summed E-state index contributed by atoms with van der Waals surface area (Å²) in [5.74, 6) is 5.69. The van der Waals surface area contributed by atoms with Crippen molar-refractivity contribution in [2.75, 3.05) is 5.32 Å². The summed E-state index contributed by atoms with van der Waals surface area (Å²) in [5, 5.41) is 12.2. The molecular formula is C20H21ClN6O. The first-order chi connectivity index (χ1) is 13.5. The number of aromatic nitrogens is 2. The Morgan fingerprint density at radius 1 is 1.21 bits per heavy atom. The molecule has 5 N–H and O–H groups in total. The Bertz CT molecular complexity index is 1080. The van der Waals surface area contributed by atoms with Gasteiger partial charge in [-0.1, -0.05) is 29.8 Å². The monoisotopic (exact) mass is 396 g/mol. The van der Waals surface area contributed by atoms with E-state index >= 15 is 0 Å². The molecule has 0 unspecified atom stereocenters. The number of amides is 1. The fraction of sp³-hybridized carbons (Fsp3) is 0.150. The van der Waals surface area contributed by atoms with Crippen LogP contribution in [0.3, 0.4) is 0 Å². The molecule has 0 radical (unpaired) electrons. The van der Waals surface area contributed by atoms with Crippen molar-refractivity contribution in [2.24, 2.45) is 16.7 Å². The first kappa shape index (κ1) is 19.4. The van der Waals surface area contributed by atoms with Gasteiger partial charge in [-0.05, 0) is 60.9 Å². The summed E-state index contributed by atoms with van der Waals surface area (Å²) in [6.45, 7) is 2.39. The first-order valence-corrected chi connectivity index (χ1v) is 9.08. The summed E-state index contributed by atoms with van der Waals surface area (Å²) in [7, 11) is 0. The van der Waals surface area contributed by atoms with Crippen LogP contribution in [-0.2, 0) is 13.0 Å². The lowest BCUT2D eigenvalue weighted by molar-refractivity contribution is 0.0999. The Balaban J connectivity index is 1.81. The fourth-order valence-corrected chi connectivity index (χ4v) is 3.02. The van der Waals surface area contributed by atoms with Gasteiger partial charge in [-0.25, -0.2) is 4.68 Å². The summed E-state index contributed by atoms with van der Waals surface area (Å²) in [6.07, 6.45) is 0.640. The van der Waals surface area contributed by atoms with Crippen molar-refractivity contribution >= 4 is 29.0 Å². The number of rotatable bonds is 6. The number of halogens is 1. The highest BCUT2D eigenvalue weighted by atomic mass is 35.5. The van der Waals surface area contributed by atoms with Crippen LogP contribution < -0.4 is 22.4 Å². The number of nitrogens with zero attached hydrogens (tertiary/aromatic N) is 3. The number of carbonyl (C=O) groups excluding carboxylic acids is 1. The third kappa shape index (κ3) is 4.69. The molecule has 1 aromatic heterocycles. The molecule has 28 heavy (non-hydrogen) atoms. The number of hydrogen-bond acceptors (Lipinski definition) is 5. The molecule has 1 amide bonds. The zero-order valence-electron chi connectivity index (χ0n) is 15.4. The maximum Gasteiger partial charge on any atom is 0.248 e. The van der Waals surface area contributed by atoms with Gasteiger partial charge in [-0.2, -0.15) is 10.2 Å². The molecule has 0 aliphatic rings. The zero-order chi connectivity index (χ0) is 20.1. The molecule has 0 saturated heterocycles. The third-order valence-corrected chi connectivity index (χ3v) is 4.53. The Labute approximate surface area is 167 Å². The quantitative estimate of drug-likeness (QED) is 0.439. The Kier molecular flexibility index (Phi) is 5.96. The van der Waals surface area contributed by atoms with Crippen LogP contribution in [0.1, 0.15) is 21.5 Å². The number of nitrogens with one attached hydrogen (secondary N) is 1. The van der Waals surface area contributed by atoms with E-state index in [4.69, 9.17) is 23.2 Å². The highest BCUT2D eigenvalue weighted by Crippen LogP contribution is 2.18. The molecule has 1 heterocycles. The van der Waals surface area contributed by atoms with Gasteiger partial charge in [0, 0.05) is 22.8 Å². The van der Waals surface area contributed by atoms with Gasteiger partial charge < -0.3 is 16.9 Å². The molecule has 2 aromatic carbocycles. The van der Waals surface area contributed by atoms with Crippen molar-refractivity contribution in [3.05, 3.63) is 81.8 Å². The summed E-state index contributed by atoms with van der Waals surface area (Å²) >= 11 is 6.02. The van der Waals surface area contributed by atoms with E-state index in [-0.39, 0.29) is 0 Å². The van der Waals surface area contributed by atoms with Crippen LogP contribution in [0.15, 0.2) is 59.7 Å². The maximum absolute atomic E-state index is 11.5. The molecule has 0 bridgehead atoms. The van der Waals surface area contributed by atoms with E-state index < -0.39 is 5.91 Å². The summed E-state index contributed by atoms with van der Waals surface area (Å²) < 4.78 is 1.71. The van der Waals surface area contributed by atoms with Gasteiger partial charge in [0.2, 0.25) is 5.91 Å². The Morgan fingerprint density at radius 3 is 2.75 bits per heavy atom. The lowest BCUT2D eigenvalue weighted by atomic mass is 10.0. The predicted octanol–water partition coefficient (Wildman–Crippen LogP) is 2.70. The second-order valence-corrected chi connectivity index (χ2v) is 6.76. The van der Waals surface area contributed by atoms with E-state index in [1.54, 1.807) is 22.9 Å². The fourth-order valence-electron chi connectivity index (χ4n) is 2.83. The predicted molar refractivity (Wildman–Crippen MR) is 110 cm³/mol. The van der Waals surface area contributed by atoms with Crippen LogP contribution >= 0.6 is 11.6 Å². The molecule has 0 spiro atoms. The van der Waals surface area contributed by atoms with Crippen LogP contribution in [0.2, 0.25) is 5.02 Å². The van der Waals surface area contributed by atoms with Crippen LogP contribution in [0.4, 0.5) is 11.5 Å². The van der Waals surface area contributed by atoms with Crippen LogP contribution in [0, 0.1) is 6.92 Å². The van der Waals surface area contributed by atoms with Crippen molar-refractivity contribution in [1.29, 1.82) is 0 Å². The molecule has 0 fully saturated rings. The summed E-state index contributed by atoms with van der Waals surface area (Å²) in [4.78, 5) is 11.5. The van der Waals surface area contributed by atoms with E-state index in [2.05, 4.69) is 15.5 Å². The van der Waals surface area contributed by atoms with E-state index in [9.17, 15) is 4.79 Å². The molecule has 0 aliphatic carbocycles. The lowest BCUT2D eigenvalue weighted by Gasteiger charge is -2.11. The molecule has 3 aromatic rings. The number of nitrogens with two attached hydrogens (primary N) is 2. The topological polar surface area (TPSA) is 111 Å². The van der Waals surface area contributed by atoms with Crippen LogP contribution in [0.5, 0.6) is 0 Å². The second-order valence-electron chi connectivity index (χ2n) is 6.33. The molecule has 144 valence electrons. The molecule has 0 aliphatic heterocycles. The van der Waals surface area contributed by atoms with E-state index in [1.165, 1.54) is 0 Å². The summed E-state index contributed by atoms with van der Waals surface area (Å²) in [5.41, 5.74) is 9.16. The number of hydrogen-bond donors (Lipinski definition) is 3. The molecular weight excluding hydrogens is 376 g/mol. The van der Waals surface area contributed by atoms with Gasteiger partial charge >= 0.3 is 0 Å². The van der Waals surface area contributed by atoms with Gasteiger partial charge in [0.15, 0.2) is 11.3 Å². The van der Waals surface area contributed by atoms with Gasteiger partial charge in [-0.3, -0.25) is 4.79 Å². The molecule has 0 saturated carbocycles. The first-order valence-electron chi connectivity index (χ1n) is 8.70. The summed E-state index contributed by atoms with van der Waals surface area (Å²) in [6, 6.07) is 16.6. The van der Waals surface area contributed by atoms with Crippen molar-refractivity contribution in [2.45, 2.75) is 19.9 Å². The third-order valence-electron chi connectivity index (χ3n) is 4.29. The molecule has 0 atom stereocenters. The average molecular weight is 397 g/mol. The highest BCUT2D eigenvalue weighted by molar-refractivity contribution is 6.30. The van der Waals surface area contributed by atoms with E-state index in [1.807, 2.05) is 43.3 Å². The van der Waals surface area contributed by atoms with Crippen LogP contribution in [0.25, 0.3) is 0 Å². The highest BCUT2D eigenvalue weighted by Gasteiger charge is 2.07. The maximum atomic E-state index is 11.5. The van der Waals surface area contributed by atoms with Crippen molar-refractivity contribution in [3.63, 3.8) is 0 Å². The van der Waals surface area contributed by atoms with Crippen molar-refractivity contribution < 1.29 is 4.79 Å². The number of aryl methyl sites for hydroxylation is 3. The zero-order valence-corrected chi connectivity index (χ0v) is 16.1. The number of primary amides is 1. The van der Waals surface area contributed by atoms with Gasteiger partial charge in [0.25, 0.3) is 0 Å². The normalized spacial score (nSPS) is 11.4. The van der Waals surface area contributed by atoms with Crippen molar-refractivity contribution in [1.82, 2.24) is 9.78 Å². The number of benzene rings is 2. The minimum Gasteiger partial charge on any atom is -0.366 e. The largest absolute Gasteiger partial charge is 0.366 e. The lowest BCUT2D eigenvalue weighted by Crippen LogP contribution is -2.26. The van der Waals surface area contributed by atoms with E-state index in [0.29, 0.717) is 34.9 Å². The van der Waals surface area contributed by atoms with Crippen molar-refractivity contribution in [3.8, 4) is 0 Å². The van der Waals surface area contributed by atoms with Gasteiger partial charge in [0.05, 0.1) is 0 Å². The van der Waals surface area contributed by atoms with Gasteiger partial charge in [-0.15, -0.1) is 0 Å². The standard InChI is InChI=1S/C20H21ClN6O/c1-13-5-6-14(11-17(13)20(22)28)9-10-27-19(25-23)8-7-18(26-27)24-16-4-2-3-15(21)12-16/h2-8,11-12H,9-10,23H2,1H3,(H2,22,28)(H,24,26)/b25-19-. The number of carbonyl (C=O) groups is 1. The molecule has 7 nitrogen and oxygen atoms in total. The molecule has 3 rings (SSSR count). The molecule has 8 heteroatoms. The number of anilines is 2. The Hall–Kier alpha value is -3.32. The average Bonchev–Trinajstić information content (AvgIpc) is 2.67. The minimum absolute atomic E-state index is 0.435. The smallest absolute Gasteiger partial charge is 0.248 e. The second kappa shape index (κ2) is 8.58. The van der Waals surface area contributed by atoms with Crippen LogP contribution in [-0.4, -0.2) is 15.7 Å².